The molecule has 0 bridgehead atoms. The summed E-state index contributed by atoms with van der Waals surface area (Å²) in [4.78, 5) is 24.2. The van der Waals surface area contributed by atoms with E-state index in [-0.39, 0.29) is 36.3 Å². The molecule has 1 aliphatic heterocycles. The Kier molecular flexibility index (Phi) is 7.20. The minimum absolute atomic E-state index is 0. The maximum absolute atomic E-state index is 13.2. The molecule has 0 N–H and O–H groups in total. The van der Waals surface area contributed by atoms with E-state index in [1.165, 1.54) is 15.6 Å². The molecule has 0 atom stereocenters. The summed E-state index contributed by atoms with van der Waals surface area (Å²) in [6.07, 6.45) is 3.34. The number of hydrogen-bond acceptors (Lipinski definition) is 6. The molecule has 4 aromatic rings. The predicted octanol–water partition coefficient (Wildman–Crippen LogP) is 4.58. The second-order valence-corrected chi connectivity index (χ2v) is 11.0. The van der Waals surface area contributed by atoms with E-state index in [4.69, 9.17) is 11.6 Å². The molecule has 34 heavy (non-hydrogen) atoms. The van der Waals surface area contributed by atoms with E-state index < -0.39 is 10.0 Å². The van der Waals surface area contributed by atoms with Crippen LogP contribution in [0, 0.1) is 0 Å². The molecule has 176 valence electrons. The van der Waals surface area contributed by atoms with Gasteiger partial charge in [0.05, 0.1) is 15.5 Å². The first-order valence-electron chi connectivity index (χ1n) is 10.3. The maximum Gasteiger partial charge on any atom is 0.282 e. The quantitative estimate of drug-likeness (QED) is 0.382. The molecule has 0 unspecified atom stereocenters. The van der Waals surface area contributed by atoms with Gasteiger partial charge in [-0.2, -0.15) is 4.31 Å². The second kappa shape index (κ2) is 9.97. The number of benzene rings is 2. The highest BCUT2D eigenvalue weighted by Gasteiger charge is 2.31. The van der Waals surface area contributed by atoms with E-state index in [2.05, 4.69) is 9.97 Å². The van der Waals surface area contributed by atoms with Crippen LogP contribution >= 0.6 is 35.3 Å². The number of rotatable bonds is 4. The van der Waals surface area contributed by atoms with Gasteiger partial charge >= 0.3 is 0 Å². The molecule has 2 aromatic heterocycles. The fourth-order valence-corrected chi connectivity index (χ4v) is 6.27. The van der Waals surface area contributed by atoms with E-state index in [0.29, 0.717) is 23.1 Å². The summed E-state index contributed by atoms with van der Waals surface area (Å²) in [5.41, 5.74) is 0.766. The van der Waals surface area contributed by atoms with Crippen molar-refractivity contribution in [2.24, 2.45) is 0 Å². The molecule has 5 rings (SSSR count). The highest BCUT2D eigenvalue weighted by atomic mass is 35.5. The third-order valence-electron chi connectivity index (χ3n) is 5.54. The van der Waals surface area contributed by atoms with Crippen LogP contribution in [0.25, 0.3) is 21.3 Å². The average Bonchev–Trinajstić information content (AvgIpc) is 3.34. The largest absolute Gasteiger partial charge is 0.334 e. The Morgan fingerprint density at radius 3 is 2.41 bits per heavy atom. The Balaban J connectivity index is 0.00000274. The van der Waals surface area contributed by atoms with Crippen molar-refractivity contribution in [1.29, 1.82) is 0 Å². The number of fused-ring (bicyclic) bond motifs is 1. The number of aromatic nitrogens is 2. The number of piperazine rings is 1. The van der Waals surface area contributed by atoms with Crippen LogP contribution in [0.4, 0.5) is 0 Å². The Hall–Kier alpha value is -2.56. The predicted molar refractivity (Wildman–Crippen MR) is 136 cm³/mol. The van der Waals surface area contributed by atoms with Crippen molar-refractivity contribution in [2.75, 3.05) is 26.2 Å². The molecule has 0 saturated carbocycles. The number of amides is 1. The third kappa shape index (κ3) is 4.80. The lowest BCUT2D eigenvalue weighted by atomic mass is 10.1. The van der Waals surface area contributed by atoms with Gasteiger partial charge in [-0.1, -0.05) is 29.8 Å². The van der Waals surface area contributed by atoms with Gasteiger partial charge in [-0.25, -0.2) is 13.4 Å². The highest BCUT2D eigenvalue weighted by Crippen LogP contribution is 2.27. The Morgan fingerprint density at radius 2 is 1.68 bits per heavy atom. The van der Waals surface area contributed by atoms with Gasteiger partial charge in [0.15, 0.2) is 5.01 Å². The van der Waals surface area contributed by atoms with Crippen LogP contribution in [0.5, 0.6) is 0 Å². The van der Waals surface area contributed by atoms with E-state index in [1.807, 2.05) is 18.2 Å². The molecule has 3 heterocycles. The van der Waals surface area contributed by atoms with Crippen molar-refractivity contribution in [3.05, 3.63) is 77.0 Å². The minimum Gasteiger partial charge on any atom is -0.334 e. The lowest BCUT2D eigenvalue weighted by molar-refractivity contribution is 0.0697. The molecular formula is C23H20Cl2N4O3S2. The third-order valence-corrected chi connectivity index (χ3v) is 8.68. The summed E-state index contributed by atoms with van der Waals surface area (Å²) < 4.78 is 27.8. The van der Waals surface area contributed by atoms with Gasteiger partial charge in [-0.15, -0.1) is 23.7 Å². The summed E-state index contributed by atoms with van der Waals surface area (Å²) >= 11 is 7.31. The highest BCUT2D eigenvalue weighted by molar-refractivity contribution is 7.89. The number of hydrogen-bond donors (Lipinski definition) is 0. The normalized spacial score (nSPS) is 14.7. The topological polar surface area (TPSA) is 83.5 Å². The SMILES string of the molecule is Cl.O=C(c1ncc(-c2ccccn2)s1)N1CCN(S(=O)(=O)c2ccc3cc(Cl)ccc3c2)CC1. The van der Waals surface area contributed by atoms with Crippen LogP contribution in [0.3, 0.4) is 0 Å². The number of pyridine rings is 1. The molecule has 7 nitrogen and oxygen atoms in total. The first-order valence-corrected chi connectivity index (χ1v) is 12.9. The van der Waals surface area contributed by atoms with Crippen LogP contribution in [-0.2, 0) is 10.0 Å². The zero-order chi connectivity index (χ0) is 23.0. The summed E-state index contributed by atoms with van der Waals surface area (Å²) in [6.45, 7) is 1.07. The molecule has 1 amide bonds. The molecule has 0 radical (unpaired) electrons. The fraction of sp³-hybridized carbons (Fsp3) is 0.174. The lowest BCUT2D eigenvalue weighted by Gasteiger charge is -2.33. The summed E-state index contributed by atoms with van der Waals surface area (Å²) in [5.74, 6) is -0.193. The Labute approximate surface area is 212 Å². The van der Waals surface area contributed by atoms with E-state index in [1.54, 1.807) is 53.7 Å². The molecular weight excluding hydrogens is 515 g/mol. The number of halogens is 2. The molecule has 1 fully saturated rings. The van der Waals surface area contributed by atoms with E-state index in [0.717, 1.165) is 21.3 Å². The fourth-order valence-electron chi connectivity index (χ4n) is 3.77. The van der Waals surface area contributed by atoms with Crippen molar-refractivity contribution < 1.29 is 13.2 Å². The van der Waals surface area contributed by atoms with Crippen LogP contribution in [-0.4, -0.2) is 59.7 Å². The summed E-state index contributed by atoms with van der Waals surface area (Å²) in [7, 11) is -3.67. The van der Waals surface area contributed by atoms with Gasteiger partial charge in [-0.05, 0) is 47.2 Å². The number of carbonyl (C=O) groups excluding carboxylic acids is 1. The van der Waals surface area contributed by atoms with Crippen LogP contribution in [0.2, 0.25) is 5.02 Å². The summed E-state index contributed by atoms with van der Waals surface area (Å²) in [5, 5.41) is 2.67. The first-order chi connectivity index (χ1) is 15.9. The van der Waals surface area contributed by atoms with Crippen molar-refractivity contribution in [1.82, 2.24) is 19.2 Å². The number of thiazole rings is 1. The molecule has 0 aliphatic carbocycles. The Morgan fingerprint density at radius 1 is 0.941 bits per heavy atom. The Bertz CT molecular complexity index is 1440. The van der Waals surface area contributed by atoms with E-state index >= 15 is 0 Å². The molecule has 11 heteroatoms. The van der Waals surface area contributed by atoms with Gasteiger partial charge in [0.2, 0.25) is 10.0 Å². The second-order valence-electron chi connectivity index (χ2n) is 7.59. The zero-order valence-corrected chi connectivity index (χ0v) is 21.0. The minimum atomic E-state index is -3.67. The first kappa shape index (κ1) is 24.6. The van der Waals surface area contributed by atoms with Crippen LogP contribution in [0.1, 0.15) is 9.80 Å². The number of carbonyl (C=O) groups is 1. The van der Waals surface area contributed by atoms with Crippen molar-refractivity contribution in [2.45, 2.75) is 4.90 Å². The van der Waals surface area contributed by atoms with E-state index in [9.17, 15) is 13.2 Å². The van der Waals surface area contributed by atoms with Gasteiger partial charge in [0.1, 0.15) is 0 Å². The standard InChI is InChI=1S/C23H19ClN4O3S2.ClH/c24-18-6-4-17-14-19(7-5-16(17)13-18)33(30,31)28-11-9-27(10-12-28)23(29)22-26-15-21(32-22)20-3-1-2-8-25-20;/h1-8,13-15H,9-12H2;1H. The van der Waals surface area contributed by atoms with Crippen molar-refractivity contribution in [3.63, 3.8) is 0 Å². The average molecular weight is 535 g/mol. The molecule has 1 aliphatic rings. The van der Waals surface area contributed by atoms with Gasteiger partial charge in [-0.3, -0.25) is 9.78 Å². The molecule has 2 aromatic carbocycles. The van der Waals surface area contributed by atoms with Gasteiger partial charge in [0, 0.05) is 43.6 Å². The monoisotopic (exact) mass is 534 g/mol. The van der Waals surface area contributed by atoms with Gasteiger partial charge < -0.3 is 4.90 Å². The molecule has 1 saturated heterocycles. The molecule has 0 spiro atoms. The summed E-state index contributed by atoms with van der Waals surface area (Å²) in [6, 6.07) is 15.9. The smallest absolute Gasteiger partial charge is 0.282 e. The lowest BCUT2D eigenvalue weighted by Crippen LogP contribution is -2.50. The zero-order valence-electron chi connectivity index (χ0n) is 17.8. The number of nitrogens with zero attached hydrogens (tertiary/aromatic N) is 4. The van der Waals surface area contributed by atoms with Crippen molar-refractivity contribution in [3.8, 4) is 10.6 Å². The van der Waals surface area contributed by atoms with Gasteiger partial charge in [0.25, 0.3) is 5.91 Å². The van der Waals surface area contributed by atoms with Crippen LogP contribution < -0.4 is 0 Å². The van der Waals surface area contributed by atoms with Crippen molar-refractivity contribution >= 4 is 62.0 Å². The van der Waals surface area contributed by atoms with Crippen LogP contribution in [0.15, 0.2) is 71.9 Å². The number of sulfonamides is 1. The maximum atomic E-state index is 13.2.